The lowest BCUT2D eigenvalue weighted by molar-refractivity contribution is 0.0302. The molecule has 0 bridgehead atoms. The second kappa shape index (κ2) is 9.28. The lowest BCUT2D eigenvalue weighted by atomic mass is 10.2. The van der Waals surface area contributed by atoms with Crippen LogP contribution in [0.4, 0.5) is 5.69 Å². The molecule has 0 radical (unpaired) electrons. The van der Waals surface area contributed by atoms with E-state index in [1.54, 1.807) is 47.8 Å². The largest absolute Gasteiger partial charge is 0.378 e. The maximum Gasteiger partial charge on any atom is 0.296 e. The smallest absolute Gasteiger partial charge is 0.296 e. The summed E-state index contributed by atoms with van der Waals surface area (Å²) >= 11 is 6.28. The number of aromatic nitrogens is 2. The van der Waals surface area contributed by atoms with Crippen LogP contribution in [-0.2, 0) is 21.8 Å². The number of halogens is 1. The summed E-state index contributed by atoms with van der Waals surface area (Å²) in [5.41, 5.74) is 0.758. The molecule has 9 nitrogen and oxygen atoms in total. The molecule has 2 aromatic carbocycles. The van der Waals surface area contributed by atoms with Gasteiger partial charge in [0, 0.05) is 32.7 Å². The summed E-state index contributed by atoms with van der Waals surface area (Å²) in [5.74, 6) is -0.304. The van der Waals surface area contributed by atoms with Gasteiger partial charge in [0.25, 0.3) is 21.5 Å². The fourth-order valence-electron chi connectivity index (χ4n) is 3.97. The van der Waals surface area contributed by atoms with Crippen molar-refractivity contribution in [3.63, 3.8) is 0 Å². The number of amides is 1. The highest BCUT2D eigenvalue weighted by atomic mass is 35.5. The highest BCUT2D eigenvalue weighted by Gasteiger charge is 2.31. The summed E-state index contributed by atoms with van der Waals surface area (Å²) in [6.07, 6.45) is 0. The molecule has 0 unspecified atom stereocenters. The van der Waals surface area contributed by atoms with Crippen LogP contribution in [0.5, 0.6) is 0 Å². The first-order valence-corrected chi connectivity index (χ1v) is 12.5. The first kappa shape index (κ1) is 24.1. The molecule has 3 aromatic rings. The van der Waals surface area contributed by atoms with Crippen LogP contribution in [0.2, 0.25) is 5.02 Å². The van der Waals surface area contributed by atoms with Crippen LogP contribution in [0.1, 0.15) is 16.1 Å². The minimum absolute atomic E-state index is 0.00710. The van der Waals surface area contributed by atoms with Crippen LogP contribution in [0.25, 0.3) is 5.69 Å². The summed E-state index contributed by atoms with van der Waals surface area (Å²) in [7, 11) is -1.27. The Balaban J connectivity index is 1.76. The zero-order valence-corrected chi connectivity index (χ0v) is 20.6. The molecule has 11 heteroatoms. The molecule has 1 saturated heterocycles. The van der Waals surface area contributed by atoms with Crippen LogP contribution in [-0.4, -0.2) is 61.9 Å². The van der Waals surface area contributed by atoms with Gasteiger partial charge >= 0.3 is 0 Å². The van der Waals surface area contributed by atoms with Gasteiger partial charge in [-0.3, -0.25) is 18.6 Å². The fraction of sp³-hybridized carbons (Fsp3) is 0.304. The quantitative estimate of drug-likeness (QED) is 0.532. The van der Waals surface area contributed by atoms with Crippen LogP contribution < -0.4 is 9.86 Å². The van der Waals surface area contributed by atoms with Crippen molar-refractivity contribution in [2.75, 3.05) is 37.7 Å². The molecule has 180 valence electrons. The predicted octanol–water partition coefficient (Wildman–Crippen LogP) is 2.44. The molecule has 1 aliphatic rings. The Morgan fingerprint density at radius 3 is 2.38 bits per heavy atom. The van der Waals surface area contributed by atoms with Crippen molar-refractivity contribution in [2.24, 2.45) is 7.05 Å². The second-order valence-electron chi connectivity index (χ2n) is 7.93. The van der Waals surface area contributed by atoms with E-state index >= 15 is 0 Å². The third kappa shape index (κ3) is 4.13. The number of anilines is 1. The van der Waals surface area contributed by atoms with Gasteiger partial charge in [-0.1, -0.05) is 29.8 Å². The molecule has 0 N–H and O–H groups in total. The number of nitrogens with zero attached hydrogens (tertiary/aromatic N) is 4. The standard InChI is InChI=1S/C23H25ClN4O5S/c1-16-21(23(30)28(25(16)2)18-7-5-4-6-8-18)26(3)34(31,32)20-15-17(9-10-19(20)24)22(29)27-11-13-33-14-12-27/h4-10,15H,11-14H2,1-3H3. The molecular formula is C23H25ClN4O5S. The molecule has 1 fully saturated rings. The molecular weight excluding hydrogens is 480 g/mol. The van der Waals surface area contributed by atoms with Gasteiger partial charge in [0.05, 0.1) is 29.6 Å². The molecule has 34 heavy (non-hydrogen) atoms. The van der Waals surface area contributed by atoms with Gasteiger partial charge in [-0.05, 0) is 37.3 Å². The van der Waals surface area contributed by atoms with E-state index in [0.717, 1.165) is 4.31 Å². The number of rotatable bonds is 5. The van der Waals surface area contributed by atoms with E-state index in [1.807, 2.05) is 6.07 Å². The SMILES string of the molecule is Cc1c(N(C)S(=O)(=O)c2cc(C(=O)N3CCOCC3)ccc2Cl)c(=O)n(-c2ccccc2)n1C. The van der Waals surface area contributed by atoms with Gasteiger partial charge in [-0.15, -0.1) is 0 Å². The number of carbonyl (C=O) groups excluding carboxylic acids is 1. The van der Waals surface area contributed by atoms with Crippen LogP contribution in [0.15, 0.2) is 58.2 Å². The number of hydrogen-bond donors (Lipinski definition) is 0. The average Bonchev–Trinajstić information content (AvgIpc) is 3.07. The molecule has 1 aliphatic heterocycles. The van der Waals surface area contributed by atoms with Crippen LogP contribution in [0.3, 0.4) is 0 Å². The summed E-state index contributed by atoms with van der Waals surface area (Å²) in [5, 5.41) is -0.0395. The Labute approximate surface area is 202 Å². The molecule has 0 saturated carbocycles. The maximum atomic E-state index is 13.6. The molecule has 1 amide bonds. The van der Waals surface area contributed by atoms with Gasteiger partial charge in [-0.25, -0.2) is 13.1 Å². The van der Waals surface area contributed by atoms with E-state index in [1.165, 1.54) is 29.9 Å². The van der Waals surface area contributed by atoms with Gasteiger partial charge in [-0.2, -0.15) is 0 Å². The maximum absolute atomic E-state index is 13.6. The predicted molar refractivity (Wildman–Crippen MR) is 130 cm³/mol. The Hall–Kier alpha value is -3.08. The summed E-state index contributed by atoms with van der Waals surface area (Å²) < 4.78 is 36.4. The molecule has 2 heterocycles. The van der Waals surface area contributed by atoms with Gasteiger partial charge in [0.2, 0.25) is 0 Å². The molecule has 0 atom stereocenters. The van der Waals surface area contributed by atoms with Crippen molar-refractivity contribution < 1.29 is 17.9 Å². The van der Waals surface area contributed by atoms with E-state index in [2.05, 4.69) is 0 Å². The van der Waals surface area contributed by atoms with E-state index in [4.69, 9.17) is 16.3 Å². The number of benzene rings is 2. The number of hydrogen-bond acceptors (Lipinski definition) is 5. The van der Waals surface area contributed by atoms with Crippen molar-refractivity contribution in [3.05, 3.63) is 75.2 Å². The van der Waals surface area contributed by atoms with Crippen LogP contribution in [0, 0.1) is 6.92 Å². The molecule has 1 aromatic heterocycles. The van der Waals surface area contributed by atoms with Gasteiger partial charge < -0.3 is 9.64 Å². The Bertz CT molecular complexity index is 1390. The minimum atomic E-state index is -4.26. The average molecular weight is 505 g/mol. The number of ether oxygens (including phenoxy) is 1. The summed E-state index contributed by atoms with van der Waals surface area (Å²) in [6.45, 7) is 3.36. The Morgan fingerprint density at radius 2 is 1.74 bits per heavy atom. The van der Waals surface area contributed by atoms with Gasteiger partial charge in [0.1, 0.15) is 10.6 Å². The monoisotopic (exact) mass is 504 g/mol. The van der Waals surface area contributed by atoms with E-state index < -0.39 is 15.6 Å². The fourth-order valence-corrected chi connectivity index (χ4v) is 5.71. The highest BCUT2D eigenvalue weighted by Crippen LogP contribution is 2.29. The lowest BCUT2D eigenvalue weighted by Crippen LogP contribution is -2.40. The van der Waals surface area contributed by atoms with Crippen molar-refractivity contribution in [2.45, 2.75) is 11.8 Å². The van der Waals surface area contributed by atoms with E-state index in [-0.39, 0.29) is 27.1 Å². The van der Waals surface area contributed by atoms with Crippen molar-refractivity contribution in [1.29, 1.82) is 0 Å². The highest BCUT2D eigenvalue weighted by molar-refractivity contribution is 7.93. The number of para-hydroxylation sites is 1. The second-order valence-corrected chi connectivity index (χ2v) is 10.3. The van der Waals surface area contributed by atoms with Crippen LogP contribution >= 0.6 is 11.6 Å². The van der Waals surface area contributed by atoms with Crippen molar-refractivity contribution in [3.8, 4) is 5.69 Å². The third-order valence-electron chi connectivity index (χ3n) is 5.95. The van der Waals surface area contributed by atoms with Gasteiger partial charge in [0.15, 0.2) is 0 Å². The number of carbonyl (C=O) groups is 1. The third-order valence-corrected chi connectivity index (χ3v) is 8.19. The molecule has 0 aliphatic carbocycles. The van der Waals surface area contributed by atoms with E-state index in [0.29, 0.717) is 37.7 Å². The first-order chi connectivity index (χ1) is 16.1. The normalized spacial score (nSPS) is 14.3. The minimum Gasteiger partial charge on any atom is -0.378 e. The summed E-state index contributed by atoms with van der Waals surface area (Å²) in [4.78, 5) is 27.6. The van der Waals surface area contributed by atoms with Crippen molar-refractivity contribution >= 4 is 33.2 Å². The number of morpholine rings is 1. The summed E-state index contributed by atoms with van der Waals surface area (Å²) in [6, 6.07) is 13.1. The van der Waals surface area contributed by atoms with E-state index in [9.17, 15) is 18.0 Å². The number of sulfonamides is 1. The lowest BCUT2D eigenvalue weighted by Gasteiger charge is -2.27. The Kier molecular flexibility index (Phi) is 6.57. The zero-order chi connectivity index (χ0) is 24.6. The Morgan fingerprint density at radius 1 is 1.09 bits per heavy atom. The first-order valence-electron chi connectivity index (χ1n) is 10.6. The van der Waals surface area contributed by atoms with Crippen molar-refractivity contribution in [1.82, 2.24) is 14.3 Å². The zero-order valence-electron chi connectivity index (χ0n) is 19.1. The molecule has 4 rings (SSSR count). The molecule has 0 spiro atoms. The topological polar surface area (TPSA) is 93.9 Å².